The van der Waals surface area contributed by atoms with Crippen LogP contribution < -0.4 is 5.32 Å². The van der Waals surface area contributed by atoms with Crippen LogP contribution in [0.2, 0.25) is 0 Å². The summed E-state index contributed by atoms with van der Waals surface area (Å²) in [5.74, 6) is 0.449. The Morgan fingerprint density at radius 1 is 1.47 bits per heavy atom. The van der Waals surface area contributed by atoms with Crippen LogP contribution in [0, 0.1) is 16.0 Å². The second-order valence-electron chi connectivity index (χ2n) is 4.62. The van der Waals surface area contributed by atoms with Crippen molar-refractivity contribution in [1.29, 1.82) is 0 Å². The second-order valence-corrected chi connectivity index (χ2v) is 4.62. The van der Waals surface area contributed by atoms with Crippen molar-refractivity contribution in [3.63, 3.8) is 0 Å². The van der Waals surface area contributed by atoms with E-state index in [1.54, 1.807) is 6.07 Å². The summed E-state index contributed by atoms with van der Waals surface area (Å²) in [6.45, 7) is 2.15. The molecule has 92 valence electrons. The number of rotatable bonds is 3. The van der Waals surface area contributed by atoms with Gasteiger partial charge in [-0.15, -0.1) is 0 Å². The minimum Gasteiger partial charge on any atom is -0.508 e. The highest BCUT2D eigenvalue weighted by molar-refractivity contribution is 5.64. The molecule has 1 aliphatic rings. The predicted molar refractivity (Wildman–Crippen MR) is 65.2 cm³/mol. The van der Waals surface area contributed by atoms with Gasteiger partial charge in [-0.2, -0.15) is 0 Å². The Labute approximate surface area is 99.6 Å². The molecule has 1 aliphatic carbocycles. The van der Waals surface area contributed by atoms with Gasteiger partial charge in [0.1, 0.15) is 11.4 Å². The Kier molecular flexibility index (Phi) is 3.17. The van der Waals surface area contributed by atoms with Gasteiger partial charge in [0.15, 0.2) is 0 Å². The molecule has 5 nitrogen and oxygen atoms in total. The highest BCUT2D eigenvalue weighted by Crippen LogP contribution is 2.33. The largest absolute Gasteiger partial charge is 0.508 e. The predicted octanol–water partition coefficient (Wildman–Crippen LogP) is 2.90. The summed E-state index contributed by atoms with van der Waals surface area (Å²) in [4.78, 5) is 10.4. The van der Waals surface area contributed by atoms with Gasteiger partial charge in [0.2, 0.25) is 0 Å². The average Bonchev–Trinajstić information content (AvgIpc) is 2.67. The molecule has 0 spiro atoms. The molecular formula is C12H16N2O3. The van der Waals surface area contributed by atoms with Crippen LogP contribution in [0.15, 0.2) is 18.2 Å². The molecule has 2 unspecified atom stereocenters. The third-order valence-corrected chi connectivity index (χ3v) is 3.38. The Balaban J connectivity index is 2.22. The number of nitro groups is 1. The molecule has 0 saturated heterocycles. The van der Waals surface area contributed by atoms with Crippen LogP contribution in [0.1, 0.15) is 26.2 Å². The van der Waals surface area contributed by atoms with Gasteiger partial charge in [0.25, 0.3) is 5.69 Å². The highest BCUT2D eigenvalue weighted by atomic mass is 16.6. The average molecular weight is 236 g/mol. The molecule has 0 bridgehead atoms. The molecule has 5 heteroatoms. The van der Waals surface area contributed by atoms with Crippen molar-refractivity contribution < 1.29 is 10.0 Å². The molecule has 2 N–H and O–H groups in total. The molecule has 0 aromatic heterocycles. The van der Waals surface area contributed by atoms with E-state index in [1.807, 2.05) is 0 Å². The first-order valence-corrected chi connectivity index (χ1v) is 5.82. The molecule has 0 amide bonds. The number of anilines is 1. The van der Waals surface area contributed by atoms with Crippen molar-refractivity contribution in [3.8, 4) is 5.75 Å². The van der Waals surface area contributed by atoms with Gasteiger partial charge < -0.3 is 10.4 Å². The Morgan fingerprint density at radius 3 is 2.82 bits per heavy atom. The summed E-state index contributed by atoms with van der Waals surface area (Å²) in [6.07, 6.45) is 3.35. The molecule has 1 fully saturated rings. The third-order valence-electron chi connectivity index (χ3n) is 3.38. The third kappa shape index (κ3) is 2.49. The number of nitrogens with one attached hydrogen (secondary N) is 1. The topological polar surface area (TPSA) is 75.4 Å². The first-order valence-electron chi connectivity index (χ1n) is 5.82. The zero-order valence-electron chi connectivity index (χ0n) is 9.72. The van der Waals surface area contributed by atoms with Crippen molar-refractivity contribution in [2.75, 3.05) is 5.32 Å². The summed E-state index contributed by atoms with van der Waals surface area (Å²) in [7, 11) is 0. The van der Waals surface area contributed by atoms with Gasteiger partial charge in [-0.1, -0.05) is 13.3 Å². The molecule has 0 heterocycles. The standard InChI is InChI=1S/C12H16N2O3/c1-8-3-2-4-10(8)13-11-6-5-9(15)7-12(11)14(16)17/h5-8,10,13,15H,2-4H2,1H3. The van der Waals surface area contributed by atoms with E-state index in [1.165, 1.54) is 12.1 Å². The molecule has 1 aromatic rings. The Hall–Kier alpha value is -1.78. The molecule has 2 rings (SSSR count). The van der Waals surface area contributed by atoms with Crippen molar-refractivity contribution in [3.05, 3.63) is 28.3 Å². The van der Waals surface area contributed by atoms with Crippen molar-refractivity contribution >= 4 is 11.4 Å². The van der Waals surface area contributed by atoms with Gasteiger partial charge in [-0.05, 0) is 30.9 Å². The quantitative estimate of drug-likeness (QED) is 0.480. The molecule has 1 aromatic carbocycles. The number of nitro benzene ring substituents is 1. The van der Waals surface area contributed by atoms with Crippen molar-refractivity contribution in [1.82, 2.24) is 0 Å². The van der Waals surface area contributed by atoms with Gasteiger partial charge in [0.05, 0.1) is 11.0 Å². The summed E-state index contributed by atoms with van der Waals surface area (Å²) in [5, 5.41) is 23.4. The maximum atomic E-state index is 10.9. The van der Waals surface area contributed by atoms with Gasteiger partial charge in [-0.25, -0.2) is 0 Å². The van der Waals surface area contributed by atoms with Crippen molar-refractivity contribution in [2.24, 2.45) is 5.92 Å². The van der Waals surface area contributed by atoms with E-state index in [4.69, 9.17) is 0 Å². The Bertz CT molecular complexity index is 434. The summed E-state index contributed by atoms with van der Waals surface area (Å²) < 4.78 is 0. The van der Waals surface area contributed by atoms with Crippen LogP contribution in [0.4, 0.5) is 11.4 Å². The lowest BCUT2D eigenvalue weighted by molar-refractivity contribution is -0.384. The van der Waals surface area contributed by atoms with Crippen LogP contribution >= 0.6 is 0 Å². The first-order chi connectivity index (χ1) is 8.08. The van der Waals surface area contributed by atoms with Crippen LogP contribution in [-0.2, 0) is 0 Å². The van der Waals surface area contributed by atoms with Gasteiger partial charge >= 0.3 is 0 Å². The summed E-state index contributed by atoms with van der Waals surface area (Å²) in [5.41, 5.74) is 0.427. The van der Waals surface area contributed by atoms with Crippen LogP contribution in [0.25, 0.3) is 0 Å². The normalized spacial score (nSPS) is 23.6. The Morgan fingerprint density at radius 2 is 2.24 bits per heavy atom. The number of hydrogen-bond acceptors (Lipinski definition) is 4. The zero-order valence-corrected chi connectivity index (χ0v) is 9.72. The smallest absolute Gasteiger partial charge is 0.296 e. The van der Waals surface area contributed by atoms with E-state index >= 15 is 0 Å². The van der Waals surface area contributed by atoms with Gasteiger partial charge in [-0.3, -0.25) is 10.1 Å². The molecule has 0 radical (unpaired) electrons. The number of phenols is 1. The first kappa shape index (κ1) is 11.7. The number of aromatic hydroxyl groups is 1. The van der Waals surface area contributed by atoms with E-state index in [2.05, 4.69) is 12.2 Å². The molecular weight excluding hydrogens is 220 g/mol. The lowest BCUT2D eigenvalue weighted by Crippen LogP contribution is -2.22. The SMILES string of the molecule is CC1CCCC1Nc1ccc(O)cc1[N+](=O)[O-]. The van der Waals surface area contributed by atoms with Crippen LogP contribution in [0.5, 0.6) is 5.75 Å². The number of phenolic OH excluding ortho intramolecular Hbond substituents is 1. The molecule has 17 heavy (non-hydrogen) atoms. The molecule has 2 atom stereocenters. The van der Waals surface area contributed by atoms with Crippen molar-refractivity contribution in [2.45, 2.75) is 32.2 Å². The summed E-state index contributed by atoms with van der Waals surface area (Å²) >= 11 is 0. The van der Waals surface area contributed by atoms with E-state index in [9.17, 15) is 15.2 Å². The van der Waals surface area contributed by atoms with Crippen LogP contribution in [-0.4, -0.2) is 16.1 Å². The number of nitrogens with zero attached hydrogens (tertiary/aromatic N) is 1. The van der Waals surface area contributed by atoms with E-state index in [0.717, 1.165) is 19.3 Å². The molecule has 1 saturated carbocycles. The summed E-state index contributed by atoms with van der Waals surface area (Å²) in [6, 6.07) is 4.51. The molecule has 0 aliphatic heterocycles. The second kappa shape index (κ2) is 4.61. The maximum absolute atomic E-state index is 10.9. The van der Waals surface area contributed by atoms with E-state index < -0.39 is 4.92 Å². The number of hydrogen-bond donors (Lipinski definition) is 2. The monoisotopic (exact) mass is 236 g/mol. The van der Waals surface area contributed by atoms with Crippen LogP contribution in [0.3, 0.4) is 0 Å². The zero-order chi connectivity index (χ0) is 12.4. The highest BCUT2D eigenvalue weighted by Gasteiger charge is 2.25. The fraction of sp³-hybridized carbons (Fsp3) is 0.500. The van der Waals surface area contributed by atoms with E-state index in [0.29, 0.717) is 17.6 Å². The fourth-order valence-electron chi connectivity index (χ4n) is 2.35. The lowest BCUT2D eigenvalue weighted by Gasteiger charge is -2.18. The van der Waals surface area contributed by atoms with E-state index in [-0.39, 0.29) is 11.4 Å². The fourth-order valence-corrected chi connectivity index (χ4v) is 2.35. The lowest BCUT2D eigenvalue weighted by atomic mass is 10.1. The minimum atomic E-state index is -0.471. The number of benzene rings is 1. The minimum absolute atomic E-state index is 0.0656. The van der Waals surface area contributed by atoms with Gasteiger partial charge in [0, 0.05) is 6.04 Å². The maximum Gasteiger partial charge on any atom is 0.296 e.